The summed E-state index contributed by atoms with van der Waals surface area (Å²) in [6.45, 7) is 1.91. The zero-order valence-electron chi connectivity index (χ0n) is 18.7. The summed E-state index contributed by atoms with van der Waals surface area (Å²) >= 11 is 1.79. The average molecular weight is 447 g/mol. The summed E-state index contributed by atoms with van der Waals surface area (Å²) in [5.41, 5.74) is 2.09. The van der Waals surface area contributed by atoms with Crippen molar-refractivity contribution in [2.75, 3.05) is 30.9 Å². The van der Waals surface area contributed by atoms with Crippen LogP contribution in [0.25, 0.3) is 21.1 Å². The molecule has 1 aliphatic rings. The molecule has 6 nitrogen and oxygen atoms in total. The van der Waals surface area contributed by atoms with Crippen LogP contribution in [-0.2, 0) is 6.54 Å². The van der Waals surface area contributed by atoms with Crippen molar-refractivity contribution < 1.29 is 0 Å². The monoisotopic (exact) mass is 446 g/mol. The Kier molecular flexibility index (Phi) is 6.19. The van der Waals surface area contributed by atoms with Gasteiger partial charge in [-0.3, -0.25) is 0 Å². The van der Waals surface area contributed by atoms with E-state index >= 15 is 0 Å². The van der Waals surface area contributed by atoms with Gasteiger partial charge in [-0.15, -0.1) is 11.3 Å². The normalized spacial score (nSPS) is 18.8. The number of nitrogens with zero attached hydrogens (tertiary/aromatic N) is 4. The van der Waals surface area contributed by atoms with Gasteiger partial charge in [0.25, 0.3) is 0 Å². The Morgan fingerprint density at radius 3 is 2.44 bits per heavy atom. The highest BCUT2D eigenvalue weighted by molar-refractivity contribution is 7.18. The lowest BCUT2D eigenvalue weighted by Crippen LogP contribution is -2.31. The molecule has 0 spiro atoms. The highest BCUT2D eigenvalue weighted by Crippen LogP contribution is 2.28. The minimum Gasteiger partial charge on any atom is -0.362 e. The third-order valence-electron chi connectivity index (χ3n) is 6.23. The predicted octanol–water partition coefficient (Wildman–Crippen LogP) is 5.07. The number of benzene rings is 2. The Labute approximate surface area is 193 Å². The molecule has 1 fully saturated rings. The van der Waals surface area contributed by atoms with Crippen LogP contribution in [0.1, 0.15) is 30.7 Å². The van der Waals surface area contributed by atoms with E-state index in [2.05, 4.69) is 51.9 Å². The van der Waals surface area contributed by atoms with Gasteiger partial charge in [0, 0.05) is 32.1 Å². The third kappa shape index (κ3) is 4.69. The van der Waals surface area contributed by atoms with Gasteiger partial charge in [-0.25, -0.2) is 9.97 Å². The number of aromatic nitrogens is 3. The molecule has 1 saturated carbocycles. The summed E-state index contributed by atoms with van der Waals surface area (Å²) in [6.07, 6.45) is 4.75. The van der Waals surface area contributed by atoms with Crippen LogP contribution in [0.15, 0.2) is 48.5 Å². The molecule has 4 aromatic rings. The molecule has 0 amide bonds. The van der Waals surface area contributed by atoms with Crippen LogP contribution in [-0.4, -0.2) is 41.6 Å². The van der Waals surface area contributed by atoms with Gasteiger partial charge in [0.05, 0.1) is 15.7 Å². The fraction of sp³-hybridized carbons (Fsp3) is 0.400. The number of thiazole rings is 1. The smallest absolute Gasteiger partial charge is 0.225 e. The van der Waals surface area contributed by atoms with Crippen molar-refractivity contribution in [2.24, 2.45) is 5.92 Å². The van der Waals surface area contributed by atoms with Gasteiger partial charge in [0.2, 0.25) is 5.95 Å². The summed E-state index contributed by atoms with van der Waals surface area (Å²) in [7, 11) is 4.07. The summed E-state index contributed by atoms with van der Waals surface area (Å²) in [4.78, 5) is 16.3. The first kappa shape index (κ1) is 21.1. The van der Waals surface area contributed by atoms with Crippen LogP contribution in [0.2, 0.25) is 0 Å². The van der Waals surface area contributed by atoms with Gasteiger partial charge in [-0.2, -0.15) is 4.98 Å². The van der Waals surface area contributed by atoms with Gasteiger partial charge in [-0.05, 0) is 62.4 Å². The summed E-state index contributed by atoms with van der Waals surface area (Å²) in [6, 6.07) is 17.0. The Bertz CT molecular complexity index is 1160. The largest absolute Gasteiger partial charge is 0.362 e. The van der Waals surface area contributed by atoms with Gasteiger partial charge in [0.15, 0.2) is 0 Å². The Hall–Kier alpha value is -2.77. The van der Waals surface area contributed by atoms with Crippen molar-refractivity contribution in [1.82, 2.24) is 20.3 Å². The molecule has 0 bridgehead atoms. The quantitative estimate of drug-likeness (QED) is 0.413. The molecule has 0 saturated heterocycles. The minimum atomic E-state index is 0.437. The van der Waals surface area contributed by atoms with Crippen molar-refractivity contribution in [3.05, 3.63) is 53.5 Å². The molecule has 0 aliphatic heterocycles. The highest BCUT2D eigenvalue weighted by Gasteiger charge is 2.22. The Morgan fingerprint density at radius 2 is 1.66 bits per heavy atom. The van der Waals surface area contributed by atoms with Crippen LogP contribution in [0.4, 0.5) is 11.8 Å². The number of para-hydroxylation sites is 2. The maximum absolute atomic E-state index is 4.80. The number of hydrogen-bond acceptors (Lipinski definition) is 7. The number of anilines is 2. The lowest BCUT2D eigenvalue weighted by molar-refractivity contribution is 0.324. The fourth-order valence-corrected chi connectivity index (χ4v) is 5.47. The van der Waals surface area contributed by atoms with Crippen molar-refractivity contribution in [3.8, 4) is 0 Å². The molecule has 2 aromatic carbocycles. The first-order chi connectivity index (χ1) is 15.7. The van der Waals surface area contributed by atoms with Crippen molar-refractivity contribution >= 4 is 44.2 Å². The Morgan fingerprint density at radius 1 is 0.906 bits per heavy atom. The first-order valence-corrected chi connectivity index (χ1v) is 12.2. The molecule has 0 unspecified atom stereocenters. The van der Waals surface area contributed by atoms with Crippen LogP contribution < -0.4 is 15.5 Å². The predicted molar refractivity (Wildman–Crippen MR) is 135 cm³/mol. The second-order valence-electron chi connectivity index (χ2n) is 8.85. The van der Waals surface area contributed by atoms with Crippen LogP contribution in [0, 0.1) is 5.92 Å². The third-order valence-corrected chi connectivity index (χ3v) is 7.27. The molecule has 166 valence electrons. The minimum absolute atomic E-state index is 0.437. The second-order valence-corrected chi connectivity index (χ2v) is 9.97. The lowest BCUT2D eigenvalue weighted by Gasteiger charge is -2.29. The fourth-order valence-electron chi connectivity index (χ4n) is 4.54. The number of hydrogen-bond donors (Lipinski definition) is 2. The zero-order valence-corrected chi connectivity index (χ0v) is 19.5. The SMILES string of the molecule is CN(C)c1nc(N[C@H]2CC[C@@H](CNCc3nc4ccccc4s3)CC2)nc2ccccc12. The van der Waals surface area contributed by atoms with E-state index in [9.17, 15) is 0 Å². The molecular formula is C25H30N6S. The highest BCUT2D eigenvalue weighted by atomic mass is 32.1. The average Bonchev–Trinajstić information content (AvgIpc) is 3.22. The van der Waals surface area contributed by atoms with Crippen molar-refractivity contribution in [3.63, 3.8) is 0 Å². The molecule has 7 heteroatoms. The second kappa shape index (κ2) is 9.38. The molecular weight excluding hydrogens is 416 g/mol. The van der Waals surface area contributed by atoms with E-state index in [1.807, 2.05) is 26.2 Å². The van der Waals surface area contributed by atoms with E-state index in [4.69, 9.17) is 15.0 Å². The Balaban J connectivity index is 1.13. The topological polar surface area (TPSA) is 66.0 Å². The summed E-state index contributed by atoms with van der Waals surface area (Å²) in [5, 5.41) is 9.50. The van der Waals surface area contributed by atoms with Crippen LogP contribution >= 0.6 is 11.3 Å². The molecule has 5 rings (SSSR count). The van der Waals surface area contributed by atoms with Crippen LogP contribution in [0.3, 0.4) is 0 Å². The number of fused-ring (bicyclic) bond motifs is 2. The molecule has 1 aliphatic carbocycles. The molecule has 0 atom stereocenters. The molecule has 32 heavy (non-hydrogen) atoms. The lowest BCUT2D eigenvalue weighted by atomic mass is 9.86. The van der Waals surface area contributed by atoms with Gasteiger partial charge < -0.3 is 15.5 Å². The van der Waals surface area contributed by atoms with Gasteiger partial charge in [0.1, 0.15) is 10.8 Å². The van der Waals surface area contributed by atoms with E-state index < -0.39 is 0 Å². The molecule has 2 aromatic heterocycles. The van der Waals surface area contributed by atoms with E-state index in [-0.39, 0.29) is 0 Å². The molecule has 2 N–H and O–H groups in total. The van der Waals surface area contributed by atoms with E-state index in [1.54, 1.807) is 11.3 Å². The standard InChI is InChI=1S/C25H30N6S/c1-31(2)24-19-7-3-4-8-20(19)29-25(30-24)27-18-13-11-17(12-14-18)15-26-16-23-28-21-9-5-6-10-22(21)32-23/h3-10,17-18,26H,11-16H2,1-2H3,(H,27,29,30)/t17-,18+. The maximum Gasteiger partial charge on any atom is 0.225 e. The number of nitrogens with one attached hydrogen (secondary N) is 2. The summed E-state index contributed by atoms with van der Waals surface area (Å²) < 4.78 is 1.27. The van der Waals surface area contributed by atoms with E-state index in [0.717, 1.165) is 60.0 Å². The summed E-state index contributed by atoms with van der Waals surface area (Å²) in [5.74, 6) is 2.42. The van der Waals surface area contributed by atoms with Crippen molar-refractivity contribution in [1.29, 1.82) is 0 Å². The molecule has 0 radical (unpaired) electrons. The maximum atomic E-state index is 4.80. The molecule has 2 heterocycles. The first-order valence-electron chi connectivity index (χ1n) is 11.4. The van der Waals surface area contributed by atoms with Crippen LogP contribution in [0.5, 0.6) is 0 Å². The van der Waals surface area contributed by atoms with Gasteiger partial charge >= 0.3 is 0 Å². The van der Waals surface area contributed by atoms with Gasteiger partial charge in [-0.1, -0.05) is 24.3 Å². The number of rotatable bonds is 7. The van der Waals surface area contributed by atoms with Crippen molar-refractivity contribution in [2.45, 2.75) is 38.3 Å². The zero-order chi connectivity index (χ0) is 21.9. The van der Waals surface area contributed by atoms with E-state index in [0.29, 0.717) is 6.04 Å². The van der Waals surface area contributed by atoms with E-state index in [1.165, 1.54) is 22.5 Å².